The summed E-state index contributed by atoms with van der Waals surface area (Å²) >= 11 is 0. The fraction of sp³-hybridized carbons (Fsp3) is 0.316. The third-order valence-corrected chi connectivity index (χ3v) is 4.35. The molecular formula is C19H19N3O4. The topological polar surface area (TPSA) is 97.0 Å². The van der Waals surface area contributed by atoms with Gasteiger partial charge in [0.05, 0.1) is 6.61 Å². The molecule has 4 rings (SSSR count). The summed E-state index contributed by atoms with van der Waals surface area (Å²) in [5, 5.41) is 13.7. The van der Waals surface area contributed by atoms with E-state index in [-0.39, 0.29) is 29.6 Å². The number of allylic oxidation sites excluding steroid dienone is 1. The number of ether oxygens (including phenoxy) is 1. The van der Waals surface area contributed by atoms with E-state index in [9.17, 15) is 9.90 Å². The second kappa shape index (κ2) is 6.67. The number of aliphatic imine (C=N–C) groups is 1. The summed E-state index contributed by atoms with van der Waals surface area (Å²) in [4.78, 5) is 20.7. The van der Waals surface area contributed by atoms with Crippen LogP contribution in [0, 0.1) is 5.92 Å². The highest BCUT2D eigenvalue weighted by molar-refractivity contribution is 6.21. The summed E-state index contributed by atoms with van der Waals surface area (Å²) in [6.07, 6.45) is 7.29. The van der Waals surface area contributed by atoms with Crippen molar-refractivity contribution in [3.05, 3.63) is 35.2 Å². The lowest BCUT2D eigenvalue weighted by Crippen LogP contribution is -2.09. The first-order chi connectivity index (χ1) is 12.7. The van der Waals surface area contributed by atoms with Gasteiger partial charge in [0, 0.05) is 30.1 Å². The number of furan rings is 1. The Kier molecular flexibility index (Phi) is 4.20. The molecule has 2 aromatic rings. The summed E-state index contributed by atoms with van der Waals surface area (Å²) in [5.41, 5.74) is 1.62. The first kappa shape index (κ1) is 16.4. The number of hydrogen-bond donors (Lipinski definition) is 2. The molecule has 0 amide bonds. The van der Waals surface area contributed by atoms with E-state index in [4.69, 9.17) is 9.15 Å². The molecule has 2 aromatic heterocycles. The molecule has 1 aliphatic carbocycles. The summed E-state index contributed by atoms with van der Waals surface area (Å²) in [6.45, 7) is 2.63. The molecule has 1 fully saturated rings. The van der Waals surface area contributed by atoms with Crippen molar-refractivity contribution < 1.29 is 19.1 Å². The number of esters is 1. The van der Waals surface area contributed by atoms with Crippen LogP contribution in [-0.2, 0) is 4.74 Å². The van der Waals surface area contributed by atoms with Gasteiger partial charge in [-0.3, -0.25) is 0 Å². The molecule has 2 aliphatic rings. The van der Waals surface area contributed by atoms with E-state index < -0.39 is 5.97 Å². The third-order valence-electron chi connectivity index (χ3n) is 4.35. The van der Waals surface area contributed by atoms with Crippen molar-refractivity contribution in [3.63, 3.8) is 0 Å². The van der Waals surface area contributed by atoms with Crippen LogP contribution in [0.25, 0.3) is 11.6 Å². The lowest BCUT2D eigenvalue weighted by atomic mass is 10.1. The zero-order valence-corrected chi connectivity index (χ0v) is 14.4. The van der Waals surface area contributed by atoms with Crippen LogP contribution < -0.4 is 5.32 Å². The van der Waals surface area contributed by atoms with Gasteiger partial charge >= 0.3 is 5.97 Å². The minimum atomic E-state index is -0.612. The van der Waals surface area contributed by atoms with Gasteiger partial charge in [0.25, 0.3) is 0 Å². The number of nitrogens with one attached hydrogen (secondary N) is 1. The molecule has 7 nitrogen and oxygen atoms in total. The lowest BCUT2D eigenvalue weighted by Gasteiger charge is -2.04. The summed E-state index contributed by atoms with van der Waals surface area (Å²) < 4.78 is 10.8. The highest BCUT2D eigenvalue weighted by Crippen LogP contribution is 2.39. The molecule has 0 unspecified atom stereocenters. The van der Waals surface area contributed by atoms with Crippen molar-refractivity contribution >= 4 is 35.5 Å². The van der Waals surface area contributed by atoms with Crippen molar-refractivity contribution in [3.8, 4) is 5.75 Å². The molecule has 1 saturated carbocycles. The van der Waals surface area contributed by atoms with Crippen LogP contribution in [0.5, 0.6) is 5.75 Å². The quantitative estimate of drug-likeness (QED) is 0.770. The number of fused-ring (bicyclic) bond motifs is 1. The van der Waals surface area contributed by atoms with Crippen LogP contribution in [-0.4, -0.2) is 35.4 Å². The molecule has 2 N–H and O–H groups in total. The first-order valence-electron chi connectivity index (χ1n) is 8.65. The van der Waals surface area contributed by atoms with Gasteiger partial charge in [-0.2, -0.15) is 0 Å². The maximum atomic E-state index is 12.3. The maximum Gasteiger partial charge on any atom is 0.347 e. The van der Waals surface area contributed by atoms with Gasteiger partial charge in [0.1, 0.15) is 0 Å². The average molecular weight is 353 g/mol. The molecule has 0 aromatic carbocycles. The van der Waals surface area contributed by atoms with Crippen molar-refractivity contribution in [1.82, 2.24) is 4.98 Å². The zero-order chi connectivity index (χ0) is 18.1. The molecule has 0 radical (unpaired) electrons. The van der Waals surface area contributed by atoms with Crippen LogP contribution in [0.3, 0.4) is 0 Å². The summed E-state index contributed by atoms with van der Waals surface area (Å²) in [7, 11) is 0. The number of anilines is 1. The Balaban J connectivity index is 1.70. The molecule has 26 heavy (non-hydrogen) atoms. The predicted molar refractivity (Wildman–Crippen MR) is 97.8 cm³/mol. The lowest BCUT2D eigenvalue weighted by molar-refractivity contribution is 0.0524. The molecule has 0 atom stereocenters. The van der Waals surface area contributed by atoms with Gasteiger partial charge in [-0.25, -0.2) is 14.8 Å². The number of nitrogens with zero attached hydrogens (tertiary/aromatic N) is 2. The number of pyridine rings is 1. The number of rotatable bonds is 6. The standard InChI is InChI=1S/C19H19N3O4/c1-2-25-19(24)15-16(23)14(26-18(15)22-9-11-5-6-11)8-12-10-21-17-13(12)4-3-7-20-17/h3-4,7-8,10-11,22-23H,2,5-6,9H2,1H3. The number of aromatic nitrogens is 1. The smallest absolute Gasteiger partial charge is 0.347 e. The predicted octanol–water partition coefficient (Wildman–Crippen LogP) is 3.64. The molecular weight excluding hydrogens is 334 g/mol. The Morgan fingerprint density at radius 2 is 2.35 bits per heavy atom. The maximum absolute atomic E-state index is 12.3. The van der Waals surface area contributed by atoms with Crippen LogP contribution in [0.15, 0.2) is 27.7 Å². The van der Waals surface area contributed by atoms with Crippen LogP contribution in [0.2, 0.25) is 0 Å². The van der Waals surface area contributed by atoms with Crippen molar-refractivity contribution in [1.29, 1.82) is 0 Å². The van der Waals surface area contributed by atoms with Gasteiger partial charge in [0.15, 0.2) is 22.9 Å². The largest absolute Gasteiger partial charge is 0.504 e. The van der Waals surface area contributed by atoms with E-state index >= 15 is 0 Å². The third kappa shape index (κ3) is 3.08. The van der Waals surface area contributed by atoms with Crippen LogP contribution in [0.1, 0.15) is 41.4 Å². The van der Waals surface area contributed by atoms with E-state index in [1.54, 1.807) is 25.4 Å². The Bertz CT molecular complexity index is 910. The van der Waals surface area contributed by atoms with Gasteiger partial charge in [-0.05, 0) is 43.9 Å². The van der Waals surface area contributed by atoms with E-state index in [2.05, 4.69) is 15.3 Å². The van der Waals surface area contributed by atoms with E-state index in [1.165, 1.54) is 0 Å². The Hall–Kier alpha value is -3.09. The number of carbonyl (C=O) groups is 1. The molecule has 3 heterocycles. The second-order valence-corrected chi connectivity index (χ2v) is 6.30. The molecule has 0 spiro atoms. The molecule has 0 saturated heterocycles. The highest BCUT2D eigenvalue weighted by atomic mass is 16.5. The Labute approximate surface area is 150 Å². The SMILES string of the molecule is CCOC(=O)c1c(NCC2CC2)oc(C=C2C=Nc3ncccc32)c1O. The Morgan fingerprint density at radius 3 is 3.12 bits per heavy atom. The highest BCUT2D eigenvalue weighted by Gasteiger charge is 2.29. The molecule has 0 bridgehead atoms. The van der Waals surface area contributed by atoms with E-state index in [0.717, 1.165) is 24.0 Å². The van der Waals surface area contributed by atoms with Crippen LogP contribution in [0.4, 0.5) is 11.7 Å². The molecule has 1 aliphatic heterocycles. The van der Waals surface area contributed by atoms with Crippen molar-refractivity contribution in [2.75, 3.05) is 18.5 Å². The zero-order valence-electron chi connectivity index (χ0n) is 14.4. The number of hydrogen-bond acceptors (Lipinski definition) is 7. The summed E-state index contributed by atoms with van der Waals surface area (Å²) in [6, 6.07) is 3.70. The fourth-order valence-corrected chi connectivity index (χ4v) is 2.80. The van der Waals surface area contributed by atoms with Crippen molar-refractivity contribution in [2.24, 2.45) is 10.9 Å². The van der Waals surface area contributed by atoms with Gasteiger partial charge < -0.3 is 19.6 Å². The first-order valence-corrected chi connectivity index (χ1v) is 8.65. The van der Waals surface area contributed by atoms with Crippen molar-refractivity contribution in [2.45, 2.75) is 19.8 Å². The van der Waals surface area contributed by atoms with E-state index in [0.29, 0.717) is 18.3 Å². The normalized spacial score (nSPS) is 16.7. The minimum absolute atomic E-state index is 0.0284. The fourth-order valence-electron chi connectivity index (χ4n) is 2.80. The monoisotopic (exact) mass is 353 g/mol. The van der Waals surface area contributed by atoms with Crippen LogP contribution >= 0.6 is 0 Å². The van der Waals surface area contributed by atoms with Gasteiger partial charge in [0.2, 0.25) is 5.88 Å². The van der Waals surface area contributed by atoms with Gasteiger partial charge in [-0.15, -0.1) is 0 Å². The molecule has 7 heteroatoms. The summed E-state index contributed by atoms with van der Waals surface area (Å²) in [5.74, 6) is 0.769. The van der Waals surface area contributed by atoms with E-state index in [1.807, 2.05) is 12.1 Å². The average Bonchev–Trinajstić information content (AvgIpc) is 3.31. The molecule has 134 valence electrons. The number of carbonyl (C=O) groups excluding carboxylic acids is 1. The minimum Gasteiger partial charge on any atom is -0.504 e. The second-order valence-electron chi connectivity index (χ2n) is 6.30. The Morgan fingerprint density at radius 1 is 1.50 bits per heavy atom. The van der Waals surface area contributed by atoms with Gasteiger partial charge in [-0.1, -0.05) is 0 Å². The number of aromatic hydroxyl groups is 1.